The molecular weight excluding hydrogens is 156 g/mol. The number of carboxylic acids is 1. The van der Waals surface area contributed by atoms with Crippen molar-refractivity contribution < 1.29 is 9.90 Å². The molecule has 1 heterocycles. The zero-order chi connectivity index (χ0) is 8.72. The second kappa shape index (κ2) is 2.33. The van der Waals surface area contributed by atoms with E-state index in [0.717, 1.165) is 24.1 Å². The fourth-order valence-electron chi connectivity index (χ4n) is 1.81. The van der Waals surface area contributed by atoms with Crippen molar-refractivity contribution in [2.24, 2.45) is 7.05 Å². The van der Waals surface area contributed by atoms with Crippen LogP contribution in [0.5, 0.6) is 0 Å². The van der Waals surface area contributed by atoms with Gasteiger partial charge in [0.25, 0.3) is 0 Å². The van der Waals surface area contributed by atoms with Crippen molar-refractivity contribution in [3.8, 4) is 0 Å². The Hall–Kier alpha value is -1.32. The topological polar surface area (TPSA) is 55.1 Å². The molecule has 0 amide bonds. The van der Waals surface area contributed by atoms with Gasteiger partial charge in [-0.3, -0.25) is 9.48 Å². The Balaban J connectivity index is 2.46. The van der Waals surface area contributed by atoms with E-state index in [0.29, 0.717) is 0 Å². The zero-order valence-corrected chi connectivity index (χ0v) is 6.82. The molecule has 4 nitrogen and oxygen atoms in total. The number of aliphatic carboxylic acids is 1. The van der Waals surface area contributed by atoms with Crippen LogP contribution in [-0.4, -0.2) is 20.9 Å². The number of hydrogen-bond donors (Lipinski definition) is 1. The molecule has 2 rings (SSSR count). The normalized spacial score (nSPS) is 20.9. The van der Waals surface area contributed by atoms with Gasteiger partial charge in [0, 0.05) is 7.05 Å². The highest BCUT2D eigenvalue weighted by molar-refractivity contribution is 5.77. The highest BCUT2D eigenvalue weighted by Gasteiger charge is 2.31. The number of hydrogen-bond acceptors (Lipinski definition) is 2. The number of carbonyl (C=O) groups is 1. The van der Waals surface area contributed by atoms with E-state index in [4.69, 9.17) is 5.11 Å². The Morgan fingerprint density at radius 2 is 2.58 bits per heavy atom. The van der Waals surface area contributed by atoms with Crippen LogP contribution in [0, 0.1) is 0 Å². The Labute approximate surface area is 69.8 Å². The van der Waals surface area contributed by atoms with E-state index in [-0.39, 0.29) is 5.92 Å². The molecule has 0 radical (unpaired) electrons. The largest absolute Gasteiger partial charge is 0.481 e. The monoisotopic (exact) mass is 166 g/mol. The van der Waals surface area contributed by atoms with E-state index in [1.165, 1.54) is 0 Å². The van der Waals surface area contributed by atoms with Crippen molar-refractivity contribution in [2.45, 2.75) is 18.8 Å². The van der Waals surface area contributed by atoms with Gasteiger partial charge in [0.05, 0.1) is 17.8 Å². The first-order valence-electron chi connectivity index (χ1n) is 3.93. The molecule has 0 spiro atoms. The molecule has 1 aromatic heterocycles. The summed E-state index contributed by atoms with van der Waals surface area (Å²) >= 11 is 0. The first kappa shape index (κ1) is 7.34. The lowest BCUT2D eigenvalue weighted by Crippen LogP contribution is -2.12. The van der Waals surface area contributed by atoms with Crippen molar-refractivity contribution in [1.29, 1.82) is 0 Å². The molecule has 0 saturated carbocycles. The maximum absolute atomic E-state index is 10.8. The maximum Gasteiger partial charge on any atom is 0.312 e. The molecule has 4 heteroatoms. The molecule has 0 unspecified atom stereocenters. The summed E-state index contributed by atoms with van der Waals surface area (Å²) in [7, 11) is 1.79. The van der Waals surface area contributed by atoms with Crippen molar-refractivity contribution in [3.63, 3.8) is 0 Å². The molecule has 1 atom stereocenters. The van der Waals surface area contributed by atoms with Gasteiger partial charge >= 0.3 is 5.97 Å². The van der Waals surface area contributed by atoms with Gasteiger partial charge in [0.2, 0.25) is 0 Å². The van der Waals surface area contributed by atoms with Crippen molar-refractivity contribution in [1.82, 2.24) is 9.78 Å². The van der Waals surface area contributed by atoms with Crippen molar-refractivity contribution >= 4 is 5.97 Å². The molecule has 64 valence electrons. The number of carboxylic acid groups (broad SMARTS) is 1. The van der Waals surface area contributed by atoms with Crippen molar-refractivity contribution in [3.05, 3.63) is 17.5 Å². The zero-order valence-electron chi connectivity index (χ0n) is 6.82. The van der Waals surface area contributed by atoms with Crippen LogP contribution in [-0.2, 0) is 18.3 Å². The van der Waals surface area contributed by atoms with E-state index < -0.39 is 5.97 Å². The van der Waals surface area contributed by atoms with Crippen LogP contribution in [0.15, 0.2) is 6.20 Å². The Morgan fingerprint density at radius 1 is 1.83 bits per heavy atom. The molecule has 0 bridgehead atoms. The average molecular weight is 166 g/mol. The smallest absolute Gasteiger partial charge is 0.312 e. The van der Waals surface area contributed by atoms with Crippen LogP contribution < -0.4 is 0 Å². The molecule has 0 fully saturated rings. The van der Waals surface area contributed by atoms with E-state index in [2.05, 4.69) is 5.10 Å². The average Bonchev–Trinajstić information content (AvgIpc) is 2.53. The molecular formula is C8H10N2O2. The summed E-state index contributed by atoms with van der Waals surface area (Å²) in [6, 6.07) is 0. The molecule has 0 saturated heterocycles. The lowest BCUT2D eigenvalue weighted by Gasteiger charge is -2.05. The van der Waals surface area contributed by atoms with E-state index in [9.17, 15) is 4.79 Å². The number of rotatable bonds is 1. The lowest BCUT2D eigenvalue weighted by molar-refractivity contribution is -0.138. The van der Waals surface area contributed by atoms with Gasteiger partial charge in [0.1, 0.15) is 0 Å². The summed E-state index contributed by atoms with van der Waals surface area (Å²) in [5, 5.41) is 12.9. The fourth-order valence-corrected chi connectivity index (χ4v) is 1.81. The van der Waals surface area contributed by atoms with Crippen LogP contribution in [0.25, 0.3) is 0 Å². The van der Waals surface area contributed by atoms with Crippen LogP contribution in [0.4, 0.5) is 0 Å². The predicted molar refractivity (Wildman–Crippen MR) is 41.9 cm³/mol. The first-order chi connectivity index (χ1) is 5.70. The van der Waals surface area contributed by atoms with Gasteiger partial charge in [-0.2, -0.15) is 5.10 Å². The molecule has 0 aliphatic heterocycles. The summed E-state index contributed by atoms with van der Waals surface area (Å²) in [6.07, 6.45) is 3.33. The summed E-state index contributed by atoms with van der Waals surface area (Å²) in [5.74, 6) is -1.08. The van der Waals surface area contributed by atoms with Crippen LogP contribution >= 0.6 is 0 Å². The van der Waals surface area contributed by atoms with E-state index >= 15 is 0 Å². The Kier molecular flexibility index (Phi) is 1.43. The van der Waals surface area contributed by atoms with Gasteiger partial charge in [0.15, 0.2) is 0 Å². The van der Waals surface area contributed by atoms with Gasteiger partial charge in [-0.1, -0.05) is 0 Å². The Bertz CT molecular complexity index is 330. The highest BCUT2D eigenvalue weighted by atomic mass is 16.4. The second-order valence-corrected chi connectivity index (χ2v) is 3.11. The minimum absolute atomic E-state index is 0.340. The summed E-state index contributed by atoms with van der Waals surface area (Å²) in [4.78, 5) is 10.8. The third kappa shape index (κ3) is 0.841. The lowest BCUT2D eigenvalue weighted by atomic mass is 10.1. The van der Waals surface area contributed by atoms with Gasteiger partial charge in [-0.05, 0) is 18.4 Å². The minimum Gasteiger partial charge on any atom is -0.481 e. The molecule has 1 aromatic rings. The minimum atomic E-state index is -0.739. The van der Waals surface area contributed by atoms with E-state index in [1.54, 1.807) is 17.9 Å². The molecule has 0 aromatic carbocycles. The van der Waals surface area contributed by atoms with Crippen LogP contribution in [0.1, 0.15) is 23.6 Å². The van der Waals surface area contributed by atoms with E-state index in [1.807, 2.05) is 0 Å². The molecule has 1 aliphatic carbocycles. The third-order valence-corrected chi connectivity index (χ3v) is 2.39. The first-order valence-corrected chi connectivity index (χ1v) is 3.93. The molecule has 1 aliphatic rings. The number of aryl methyl sites for hydroxylation is 2. The Morgan fingerprint density at radius 3 is 3.25 bits per heavy atom. The fraction of sp³-hybridized carbons (Fsp3) is 0.500. The highest BCUT2D eigenvalue weighted by Crippen LogP contribution is 2.32. The molecule has 1 N–H and O–H groups in total. The number of aromatic nitrogens is 2. The third-order valence-electron chi connectivity index (χ3n) is 2.39. The van der Waals surface area contributed by atoms with Gasteiger partial charge in [-0.25, -0.2) is 0 Å². The van der Waals surface area contributed by atoms with Crippen LogP contribution in [0.3, 0.4) is 0 Å². The van der Waals surface area contributed by atoms with Crippen molar-refractivity contribution in [2.75, 3.05) is 0 Å². The summed E-state index contributed by atoms with van der Waals surface area (Å²) < 4.78 is 1.67. The molecule has 12 heavy (non-hydrogen) atoms. The second-order valence-electron chi connectivity index (χ2n) is 3.11. The van der Waals surface area contributed by atoms with Crippen LogP contribution in [0.2, 0.25) is 0 Å². The SMILES string of the molecule is Cn1ncc2c1[C@@H](C(=O)O)CC2. The number of nitrogens with zero attached hydrogens (tertiary/aromatic N) is 2. The van der Waals surface area contributed by atoms with Gasteiger partial charge < -0.3 is 5.11 Å². The predicted octanol–water partition coefficient (Wildman–Crippen LogP) is 0.534. The number of fused-ring (bicyclic) bond motifs is 1. The quantitative estimate of drug-likeness (QED) is 0.662. The summed E-state index contributed by atoms with van der Waals surface area (Å²) in [6.45, 7) is 0. The van der Waals surface area contributed by atoms with Gasteiger partial charge in [-0.15, -0.1) is 0 Å². The summed E-state index contributed by atoms with van der Waals surface area (Å²) in [5.41, 5.74) is 1.97. The maximum atomic E-state index is 10.8. The standard InChI is InChI=1S/C8H10N2O2/c1-10-7-5(4-9-10)2-3-6(7)8(11)12/h4,6H,2-3H2,1H3,(H,11,12)/t6-/m0/s1.